The van der Waals surface area contributed by atoms with E-state index in [1.807, 2.05) is 0 Å². The van der Waals surface area contributed by atoms with Crippen molar-refractivity contribution in [3.05, 3.63) is 76.4 Å². The van der Waals surface area contributed by atoms with Crippen molar-refractivity contribution in [1.29, 1.82) is 0 Å². The zero-order chi connectivity index (χ0) is 26.9. The second-order valence-electron chi connectivity index (χ2n) is 9.62. The minimum atomic E-state index is -1.01. The summed E-state index contributed by atoms with van der Waals surface area (Å²) in [5.41, 5.74) is 3.64. The van der Waals surface area contributed by atoms with E-state index in [1.165, 1.54) is 12.3 Å². The Morgan fingerprint density at radius 3 is 2.87 bits per heavy atom. The van der Waals surface area contributed by atoms with Crippen molar-refractivity contribution in [2.75, 3.05) is 19.7 Å². The van der Waals surface area contributed by atoms with Crippen LogP contribution in [0.2, 0.25) is 5.02 Å². The van der Waals surface area contributed by atoms with Gasteiger partial charge in [-0.3, -0.25) is 9.88 Å². The van der Waals surface area contributed by atoms with E-state index in [1.54, 1.807) is 24.4 Å². The molecule has 202 valence electrons. The summed E-state index contributed by atoms with van der Waals surface area (Å²) in [5, 5.41) is 9.69. The molecule has 0 bridgehead atoms. The number of ether oxygens (including phenoxy) is 2. The number of nitrogens with zero attached hydrogens (tertiary/aromatic N) is 5. The Morgan fingerprint density at radius 1 is 1.28 bits per heavy atom. The highest BCUT2D eigenvalue weighted by Gasteiger charge is 2.25. The number of hydrogen-bond donors (Lipinski definition) is 2. The number of nitrogens with one attached hydrogen (secondary N) is 1. The number of carboxylic acid groups (broad SMARTS) is 1. The Balaban J connectivity index is 1.13. The van der Waals surface area contributed by atoms with E-state index in [-0.39, 0.29) is 18.4 Å². The first-order valence-corrected chi connectivity index (χ1v) is 13.0. The highest BCUT2D eigenvalue weighted by atomic mass is 35.5. The standard InChI is InChI=1S/C27H26ClFN6O4/c28-18-2-1-17(20(29)9-18)15-39-25-12-30-11-22(31-25)16-3-6-34(7-4-16)14-24-33-26-23(10-21(32-26)27(36)37)35(24)13-19-5-8-38-19/h1-3,9-12,19,32H,4-8,13-15H2,(H,36,37)/t19-/m0/s1. The summed E-state index contributed by atoms with van der Waals surface area (Å²) in [4.78, 5) is 30.2. The second-order valence-corrected chi connectivity index (χ2v) is 10.1. The number of hydrogen-bond acceptors (Lipinski definition) is 7. The quantitative estimate of drug-likeness (QED) is 0.315. The fraction of sp³-hybridized carbons (Fsp3) is 0.333. The number of benzene rings is 1. The zero-order valence-electron chi connectivity index (χ0n) is 20.9. The summed E-state index contributed by atoms with van der Waals surface area (Å²) >= 11 is 5.82. The van der Waals surface area contributed by atoms with Crippen LogP contribution in [0.1, 0.15) is 40.4 Å². The molecule has 10 nitrogen and oxygen atoms in total. The van der Waals surface area contributed by atoms with Crippen molar-refractivity contribution in [2.45, 2.75) is 38.6 Å². The molecule has 4 aromatic rings. The van der Waals surface area contributed by atoms with Gasteiger partial charge >= 0.3 is 5.97 Å². The van der Waals surface area contributed by atoms with Gasteiger partial charge in [0, 0.05) is 30.3 Å². The highest BCUT2D eigenvalue weighted by Crippen LogP contribution is 2.26. The number of aromatic nitrogens is 5. The molecule has 0 aliphatic carbocycles. The lowest BCUT2D eigenvalue weighted by atomic mass is 10.1. The van der Waals surface area contributed by atoms with Crippen molar-refractivity contribution in [2.24, 2.45) is 0 Å². The molecule has 0 saturated carbocycles. The number of rotatable bonds is 9. The molecule has 3 aromatic heterocycles. The topological polar surface area (TPSA) is 118 Å². The number of imidazole rings is 1. The Kier molecular flexibility index (Phi) is 7.03. The van der Waals surface area contributed by atoms with E-state index in [4.69, 9.17) is 26.1 Å². The van der Waals surface area contributed by atoms with Crippen LogP contribution in [0.15, 0.2) is 42.7 Å². The molecule has 0 unspecified atom stereocenters. The van der Waals surface area contributed by atoms with Gasteiger partial charge in [0.05, 0.1) is 42.8 Å². The predicted octanol–water partition coefficient (Wildman–Crippen LogP) is 4.30. The SMILES string of the molecule is O=C(O)c1cc2c(nc(CN3CC=C(c4cncc(OCc5ccc(Cl)cc5F)n4)CC3)n2C[C@@H]2CCO2)[nH]1. The lowest BCUT2D eigenvalue weighted by Crippen LogP contribution is -2.33. The third-order valence-corrected chi connectivity index (χ3v) is 7.26. The van der Waals surface area contributed by atoms with Crippen LogP contribution in [0.4, 0.5) is 4.39 Å². The van der Waals surface area contributed by atoms with Gasteiger partial charge in [-0.2, -0.15) is 0 Å². The number of aromatic amines is 1. The summed E-state index contributed by atoms with van der Waals surface area (Å²) in [5.74, 6) is -0.252. The van der Waals surface area contributed by atoms with Crippen LogP contribution in [0.3, 0.4) is 0 Å². The van der Waals surface area contributed by atoms with Gasteiger partial charge in [-0.25, -0.2) is 19.2 Å². The number of carbonyl (C=O) groups is 1. The van der Waals surface area contributed by atoms with Crippen LogP contribution in [0.5, 0.6) is 5.88 Å². The summed E-state index contributed by atoms with van der Waals surface area (Å²) in [6.45, 7) is 3.50. The van der Waals surface area contributed by atoms with Crippen molar-refractivity contribution in [3.8, 4) is 5.88 Å². The molecule has 0 radical (unpaired) electrons. The smallest absolute Gasteiger partial charge is 0.352 e. The Bertz CT molecular complexity index is 1560. The average Bonchev–Trinajstić information content (AvgIpc) is 3.45. The van der Waals surface area contributed by atoms with Crippen LogP contribution in [0, 0.1) is 5.82 Å². The molecule has 5 heterocycles. The number of carboxylic acids is 1. The molecule has 0 amide bonds. The molecule has 2 aliphatic rings. The monoisotopic (exact) mass is 552 g/mol. The van der Waals surface area contributed by atoms with Gasteiger partial charge in [0.25, 0.3) is 0 Å². The van der Waals surface area contributed by atoms with Gasteiger partial charge in [-0.15, -0.1) is 0 Å². The largest absolute Gasteiger partial charge is 0.477 e. The Hall–Kier alpha value is -3.80. The number of aromatic carboxylic acids is 1. The molecule has 1 saturated heterocycles. The summed E-state index contributed by atoms with van der Waals surface area (Å²) in [6, 6.07) is 6.09. The van der Waals surface area contributed by atoms with E-state index in [0.717, 1.165) is 48.6 Å². The molecule has 2 N–H and O–H groups in total. The van der Waals surface area contributed by atoms with Gasteiger partial charge < -0.3 is 24.1 Å². The van der Waals surface area contributed by atoms with Crippen LogP contribution in [-0.2, 0) is 24.4 Å². The zero-order valence-corrected chi connectivity index (χ0v) is 21.7. The first kappa shape index (κ1) is 25.5. The van der Waals surface area contributed by atoms with E-state index < -0.39 is 11.8 Å². The minimum Gasteiger partial charge on any atom is -0.477 e. The molecule has 1 atom stereocenters. The minimum absolute atomic E-state index is 0.0223. The van der Waals surface area contributed by atoms with E-state index in [0.29, 0.717) is 41.7 Å². The lowest BCUT2D eigenvalue weighted by Gasteiger charge is -2.29. The molecule has 2 aliphatic heterocycles. The van der Waals surface area contributed by atoms with E-state index in [9.17, 15) is 14.3 Å². The van der Waals surface area contributed by atoms with Gasteiger partial charge in [0.1, 0.15) is 23.9 Å². The first-order valence-electron chi connectivity index (χ1n) is 12.7. The molecule has 39 heavy (non-hydrogen) atoms. The van der Waals surface area contributed by atoms with Crippen LogP contribution in [0.25, 0.3) is 16.7 Å². The highest BCUT2D eigenvalue weighted by molar-refractivity contribution is 6.30. The fourth-order valence-corrected chi connectivity index (χ4v) is 4.93. The molecule has 12 heteroatoms. The summed E-state index contributed by atoms with van der Waals surface area (Å²) in [7, 11) is 0. The van der Waals surface area contributed by atoms with Crippen LogP contribution < -0.4 is 4.74 Å². The van der Waals surface area contributed by atoms with E-state index >= 15 is 0 Å². The van der Waals surface area contributed by atoms with E-state index in [2.05, 4.69) is 30.5 Å². The van der Waals surface area contributed by atoms with Crippen molar-refractivity contribution >= 4 is 34.3 Å². The molecule has 6 rings (SSSR count). The van der Waals surface area contributed by atoms with Crippen molar-refractivity contribution < 1.29 is 23.8 Å². The summed E-state index contributed by atoms with van der Waals surface area (Å²) < 4.78 is 27.5. The second kappa shape index (κ2) is 10.8. The third-order valence-electron chi connectivity index (χ3n) is 7.02. The maximum absolute atomic E-state index is 14.1. The van der Waals surface area contributed by atoms with Crippen LogP contribution >= 0.6 is 11.6 Å². The molecule has 1 fully saturated rings. The van der Waals surface area contributed by atoms with Gasteiger partial charge in [-0.05, 0) is 36.6 Å². The fourth-order valence-electron chi connectivity index (χ4n) is 4.77. The number of halogens is 2. The summed E-state index contributed by atoms with van der Waals surface area (Å²) in [6.07, 6.45) is 7.18. The van der Waals surface area contributed by atoms with Crippen LogP contribution in [-0.4, -0.2) is 66.3 Å². The number of H-pyrrole nitrogens is 1. The third kappa shape index (κ3) is 5.51. The normalized spacial score (nSPS) is 17.7. The average molecular weight is 553 g/mol. The van der Waals surface area contributed by atoms with Gasteiger partial charge in [-0.1, -0.05) is 23.7 Å². The molecular weight excluding hydrogens is 527 g/mol. The van der Waals surface area contributed by atoms with Gasteiger partial charge in [0.15, 0.2) is 5.65 Å². The maximum atomic E-state index is 14.1. The lowest BCUT2D eigenvalue weighted by molar-refractivity contribution is -0.0591. The maximum Gasteiger partial charge on any atom is 0.352 e. The first-order chi connectivity index (χ1) is 18.9. The molecular formula is C27H26ClFN6O4. The van der Waals surface area contributed by atoms with Gasteiger partial charge in [0.2, 0.25) is 5.88 Å². The van der Waals surface area contributed by atoms with Crippen molar-refractivity contribution in [3.63, 3.8) is 0 Å². The molecule has 0 spiro atoms. The Labute approximate surface area is 228 Å². The number of fused-ring (bicyclic) bond motifs is 1. The Morgan fingerprint density at radius 2 is 2.15 bits per heavy atom. The predicted molar refractivity (Wildman–Crippen MR) is 141 cm³/mol. The van der Waals surface area contributed by atoms with Crippen molar-refractivity contribution in [1.82, 2.24) is 29.4 Å². The molecule has 1 aromatic carbocycles.